The molecule has 2 aliphatic heterocycles. The lowest BCUT2D eigenvalue weighted by atomic mass is 9.45. The first kappa shape index (κ1) is 38.8. The Morgan fingerprint density at radius 1 is 1.00 bits per heavy atom. The molecule has 8 rings (SSSR count). The zero-order valence-electron chi connectivity index (χ0n) is 33.6. The van der Waals surface area contributed by atoms with Crippen LogP contribution in [0.1, 0.15) is 81.3 Å². The van der Waals surface area contributed by atoms with E-state index in [1.807, 2.05) is 84.7 Å². The van der Waals surface area contributed by atoms with Gasteiger partial charge in [-0.15, -0.1) is 0 Å². The largest absolute Gasteiger partial charge is 0.496 e. The molecule has 10 heteroatoms. The number of hydrogen-bond acceptors (Lipinski definition) is 7. The molecule has 5 aliphatic rings. The lowest BCUT2D eigenvalue weighted by molar-refractivity contribution is -0.161. The fraction of sp³-hybridized carbons (Fsp3) is 0.533. The van der Waals surface area contributed by atoms with Crippen LogP contribution in [0.25, 0.3) is 11.1 Å². The predicted molar refractivity (Wildman–Crippen MR) is 215 cm³/mol. The molecule has 3 saturated carbocycles. The lowest BCUT2D eigenvalue weighted by Crippen LogP contribution is -2.62. The number of rotatable bonds is 12. The van der Waals surface area contributed by atoms with Gasteiger partial charge in [-0.3, -0.25) is 19.2 Å². The minimum absolute atomic E-state index is 0.0474. The van der Waals surface area contributed by atoms with Gasteiger partial charge < -0.3 is 25.2 Å². The summed E-state index contributed by atoms with van der Waals surface area (Å²) in [5.74, 6) is 2.24. The molecule has 2 N–H and O–H groups in total. The Morgan fingerprint density at radius 3 is 2.47 bits per heavy atom. The van der Waals surface area contributed by atoms with Crippen LogP contribution in [-0.2, 0) is 27.5 Å². The number of carbonyl (C=O) groups excluding carboxylic acids is 3. The molecule has 2 saturated heterocycles. The highest BCUT2D eigenvalue weighted by Gasteiger charge is 2.57. The number of ether oxygens (including phenoxy) is 1. The second-order valence-electron chi connectivity index (χ2n) is 17.1. The van der Waals surface area contributed by atoms with Crippen LogP contribution in [0.4, 0.5) is 5.69 Å². The monoisotopic (exact) mass is 749 g/mol. The molecule has 294 valence electrons. The van der Waals surface area contributed by atoms with Crippen molar-refractivity contribution in [2.75, 3.05) is 39.3 Å². The highest BCUT2D eigenvalue weighted by Crippen LogP contribution is 2.61. The van der Waals surface area contributed by atoms with Gasteiger partial charge in [0, 0.05) is 61.5 Å². The van der Waals surface area contributed by atoms with Crippen LogP contribution in [0.5, 0.6) is 5.75 Å². The maximum Gasteiger partial charge on any atom is 0.254 e. The van der Waals surface area contributed by atoms with E-state index in [0.29, 0.717) is 67.1 Å². The van der Waals surface area contributed by atoms with Crippen molar-refractivity contribution in [1.82, 2.24) is 20.6 Å². The van der Waals surface area contributed by atoms with Gasteiger partial charge in [-0.05, 0) is 84.6 Å². The number of hydrogen-bond donors (Lipinski definition) is 2. The van der Waals surface area contributed by atoms with Gasteiger partial charge in [0.2, 0.25) is 11.8 Å². The average molecular weight is 750 g/mol. The molecule has 7 atom stereocenters. The number of likely N-dealkylation sites (tertiary alicyclic amines) is 1. The van der Waals surface area contributed by atoms with E-state index in [2.05, 4.69) is 44.4 Å². The van der Waals surface area contributed by atoms with Crippen molar-refractivity contribution in [3.05, 3.63) is 83.4 Å². The third-order valence-electron chi connectivity index (χ3n) is 13.4. The molecule has 10 nitrogen and oxygen atoms in total. The minimum atomic E-state index is -0.531. The van der Waals surface area contributed by atoms with Crippen LogP contribution in [0.15, 0.2) is 66.7 Å². The summed E-state index contributed by atoms with van der Waals surface area (Å²) in [5, 5.41) is 8.37. The first-order valence-corrected chi connectivity index (χ1v) is 20.2. The molecule has 0 radical (unpaired) electrons. The van der Waals surface area contributed by atoms with E-state index in [9.17, 15) is 14.4 Å². The van der Waals surface area contributed by atoms with Gasteiger partial charge in [0.15, 0.2) is 0 Å². The minimum Gasteiger partial charge on any atom is -0.496 e. The average Bonchev–Trinajstić information content (AvgIpc) is 3.85. The second-order valence-corrected chi connectivity index (χ2v) is 17.1. The Bertz CT molecular complexity index is 1880. The van der Waals surface area contributed by atoms with Gasteiger partial charge in [-0.25, -0.2) is 0 Å². The van der Waals surface area contributed by atoms with E-state index in [-0.39, 0.29) is 29.7 Å². The van der Waals surface area contributed by atoms with Gasteiger partial charge >= 0.3 is 0 Å². The molecular weight excluding hydrogens is 691 g/mol. The Morgan fingerprint density at radius 2 is 1.78 bits per heavy atom. The second kappa shape index (κ2) is 16.0. The Balaban J connectivity index is 1.11. The van der Waals surface area contributed by atoms with Gasteiger partial charge in [-0.2, -0.15) is 5.06 Å². The van der Waals surface area contributed by atoms with Crippen molar-refractivity contribution < 1.29 is 24.0 Å². The molecular formula is C45H59N5O5. The quantitative estimate of drug-likeness (QED) is 0.213. The molecule has 3 amide bonds. The maximum atomic E-state index is 14.3. The van der Waals surface area contributed by atoms with Crippen molar-refractivity contribution in [3.63, 3.8) is 0 Å². The number of amides is 3. The van der Waals surface area contributed by atoms with Crippen molar-refractivity contribution in [2.45, 2.75) is 91.0 Å². The summed E-state index contributed by atoms with van der Waals surface area (Å²) in [7, 11) is 5.57. The van der Waals surface area contributed by atoms with Crippen molar-refractivity contribution in [3.8, 4) is 16.9 Å². The smallest absolute Gasteiger partial charge is 0.254 e. The number of hydroxylamine groups is 2. The molecule has 3 aliphatic carbocycles. The number of nitrogens with zero attached hydrogens (tertiary/aromatic N) is 3. The van der Waals surface area contributed by atoms with Crippen LogP contribution in [0.2, 0.25) is 0 Å². The van der Waals surface area contributed by atoms with Crippen molar-refractivity contribution >= 4 is 23.4 Å². The molecule has 0 spiro atoms. The maximum absolute atomic E-state index is 14.3. The van der Waals surface area contributed by atoms with E-state index >= 15 is 0 Å². The SMILES string of the molecule is CC[C@H]1CON(Cc2cccc(-c3cc(C(=O)N4CCC[C@H]4C(=O)NCc4ccccc4)cc(N(C)C)c3)c2OC)[C@@H]1C(=O)N[C@H]1C[C@H]2C[C@@H]([C@@H]1C)C2(C)C. The fourth-order valence-corrected chi connectivity index (χ4v) is 9.88. The van der Waals surface area contributed by atoms with Crippen LogP contribution >= 0.6 is 0 Å². The van der Waals surface area contributed by atoms with Crippen LogP contribution in [0, 0.1) is 29.1 Å². The standard InChI is InChI=1S/C45H59N5O5/c1-8-30-27-55-50(40(30)43(52)47-38-24-34-23-37(28(38)2)45(34,3)4)26-31-16-12-17-36(41(31)54-7)32-20-33(22-35(21-32)48(5)6)44(53)49-19-13-18-39(49)42(51)46-25-29-14-10-9-11-15-29/h9-12,14-17,20-22,28,30,34,37-40H,8,13,18-19,23-27H2,1-7H3,(H,46,51)(H,47,52)/t28-,30-,34+,37-,38-,39-,40-/m0/s1. The van der Waals surface area contributed by atoms with Gasteiger partial charge in [-0.1, -0.05) is 76.2 Å². The fourth-order valence-electron chi connectivity index (χ4n) is 9.88. The predicted octanol–water partition coefficient (Wildman–Crippen LogP) is 6.68. The summed E-state index contributed by atoms with van der Waals surface area (Å²) < 4.78 is 6.13. The van der Waals surface area contributed by atoms with Gasteiger partial charge in [0.25, 0.3) is 5.91 Å². The molecule has 2 heterocycles. The van der Waals surface area contributed by atoms with Crippen molar-refractivity contribution in [1.29, 1.82) is 0 Å². The first-order valence-electron chi connectivity index (χ1n) is 20.2. The third-order valence-corrected chi connectivity index (χ3v) is 13.4. The number of fused-ring (bicyclic) bond motifs is 2. The number of nitrogens with one attached hydrogen (secondary N) is 2. The summed E-state index contributed by atoms with van der Waals surface area (Å²) in [6.07, 6.45) is 4.53. The topological polar surface area (TPSA) is 103 Å². The Labute approximate surface area is 326 Å². The summed E-state index contributed by atoms with van der Waals surface area (Å²) in [4.78, 5) is 51.7. The van der Waals surface area contributed by atoms with Gasteiger partial charge in [0.05, 0.1) is 20.3 Å². The van der Waals surface area contributed by atoms with Gasteiger partial charge in [0.1, 0.15) is 17.8 Å². The van der Waals surface area contributed by atoms with E-state index in [1.54, 1.807) is 12.0 Å². The molecule has 3 aromatic carbocycles. The number of carbonyl (C=O) groups is 3. The number of methoxy groups -OCH3 is 1. The van der Waals surface area contributed by atoms with Crippen LogP contribution < -0.4 is 20.3 Å². The van der Waals surface area contributed by atoms with Crippen LogP contribution in [0.3, 0.4) is 0 Å². The Hall–Kier alpha value is -4.41. The molecule has 0 unspecified atom stereocenters. The van der Waals surface area contributed by atoms with Crippen molar-refractivity contribution in [2.24, 2.45) is 29.1 Å². The summed E-state index contributed by atoms with van der Waals surface area (Å²) in [6.45, 7) is 11.0. The number of para-hydroxylation sites is 1. The lowest BCUT2D eigenvalue weighted by Gasteiger charge is -2.62. The zero-order valence-corrected chi connectivity index (χ0v) is 33.6. The summed E-state index contributed by atoms with van der Waals surface area (Å²) in [6, 6.07) is 20.9. The highest BCUT2D eigenvalue weighted by atomic mass is 16.7. The van der Waals surface area contributed by atoms with E-state index in [0.717, 1.165) is 47.2 Å². The molecule has 55 heavy (non-hydrogen) atoms. The normalized spacial score (nSPS) is 27.0. The molecule has 3 aromatic rings. The van der Waals surface area contributed by atoms with E-state index in [4.69, 9.17) is 9.57 Å². The Kier molecular flexibility index (Phi) is 11.3. The summed E-state index contributed by atoms with van der Waals surface area (Å²) in [5.41, 5.74) is 5.30. The third kappa shape index (κ3) is 7.60. The zero-order chi connectivity index (χ0) is 39.0. The molecule has 0 aromatic heterocycles. The van der Waals surface area contributed by atoms with E-state index < -0.39 is 12.1 Å². The van der Waals surface area contributed by atoms with E-state index in [1.165, 1.54) is 6.42 Å². The first-order chi connectivity index (χ1) is 26.4. The number of benzene rings is 3. The summed E-state index contributed by atoms with van der Waals surface area (Å²) >= 11 is 0. The molecule has 5 fully saturated rings. The number of anilines is 1. The van der Waals surface area contributed by atoms with Crippen LogP contribution in [-0.4, -0.2) is 80.2 Å². The highest BCUT2D eigenvalue weighted by molar-refractivity contribution is 6.00. The molecule has 2 bridgehead atoms.